The van der Waals surface area contributed by atoms with Gasteiger partial charge in [0.25, 0.3) is 5.91 Å². The molecule has 0 aromatic carbocycles. The molecule has 0 spiro atoms. The number of pyridine rings is 2. The number of nitrogens with zero attached hydrogens (tertiary/aromatic N) is 8. The van der Waals surface area contributed by atoms with Crippen LogP contribution < -0.4 is 4.90 Å². The summed E-state index contributed by atoms with van der Waals surface area (Å²) in [5, 5.41) is 18.4. The molecule has 1 atom stereocenters. The van der Waals surface area contributed by atoms with Gasteiger partial charge in [-0.15, -0.1) is 0 Å². The average molecular weight is 499 g/mol. The first kappa shape index (κ1) is 24.5. The van der Waals surface area contributed by atoms with E-state index in [2.05, 4.69) is 27.2 Å². The Hall–Kier alpha value is -4.23. The van der Waals surface area contributed by atoms with E-state index in [4.69, 9.17) is 9.72 Å². The Kier molecular flexibility index (Phi) is 6.63. The number of methoxy groups -OCH3 is 1. The van der Waals surface area contributed by atoms with Gasteiger partial charge in [0, 0.05) is 81.2 Å². The normalized spacial score (nSPS) is 14.8. The summed E-state index contributed by atoms with van der Waals surface area (Å²) in [4.78, 5) is 21.6. The van der Waals surface area contributed by atoms with Crippen LogP contribution in [0.5, 0.6) is 0 Å². The van der Waals surface area contributed by atoms with Crippen molar-refractivity contribution in [2.75, 3.05) is 38.2 Å². The molecular weight excluding hydrogens is 468 g/mol. The summed E-state index contributed by atoms with van der Waals surface area (Å²) in [5.41, 5.74) is 4.94. The number of ether oxygens (including phenoxy) is 1. The summed E-state index contributed by atoms with van der Waals surface area (Å²) < 4.78 is 8.92. The molecule has 10 heteroatoms. The molecule has 0 bridgehead atoms. The highest BCUT2D eigenvalue weighted by Gasteiger charge is 2.29. The smallest absolute Gasteiger partial charge is 0.252 e. The minimum absolute atomic E-state index is 0.0482. The van der Waals surface area contributed by atoms with E-state index in [1.54, 1.807) is 28.7 Å². The quantitative estimate of drug-likeness (QED) is 0.402. The number of hydrogen-bond acceptors (Lipinski definition) is 7. The van der Waals surface area contributed by atoms with Crippen LogP contribution in [-0.2, 0) is 16.6 Å². The van der Waals surface area contributed by atoms with E-state index >= 15 is 0 Å². The topological polar surface area (TPSA) is 105 Å². The summed E-state index contributed by atoms with van der Waals surface area (Å²) in [6.07, 6.45) is 8.67. The molecule has 0 aliphatic carbocycles. The molecule has 10 nitrogen and oxygen atoms in total. The van der Waals surface area contributed by atoms with Gasteiger partial charge in [0.1, 0.15) is 18.0 Å². The highest BCUT2D eigenvalue weighted by atomic mass is 16.5. The lowest BCUT2D eigenvalue weighted by molar-refractivity contribution is -0.144. The van der Waals surface area contributed by atoms with Crippen LogP contribution >= 0.6 is 0 Å². The van der Waals surface area contributed by atoms with Crippen molar-refractivity contribution in [3.63, 3.8) is 0 Å². The number of amides is 1. The fourth-order valence-electron chi connectivity index (χ4n) is 4.88. The Balaban J connectivity index is 1.39. The monoisotopic (exact) mass is 498 g/mol. The lowest BCUT2D eigenvalue weighted by atomic mass is 10.0. The molecule has 190 valence electrons. The molecule has 1 aliphatic rings. The van der Waals surface area contributed by atoms with Crippen LogP contribution in [0.2, 0.25) is 0 Å². The van der Waals surface area contributed by atoms with E-state index < -0.39 is 6.10 Å². The molecule has 0 saturated carbocycles. The van der Waals surface area contributed by atoms with Gasteiger partial charge in [-0.25, -0.2) is 9.50 Å². The Labute approximate surface area is 215 Å². The second-order valence-corrected chi connectivity index (χ2v) is 9.63. The number of hydrogen-bond donors (Lipinski definition) is 0. The molecule has 0 unspecified atom stereocenters. The fourth-order valence-corrected chi connectivity index (χ4v) is 4.88. The minimum atomic E-state index is -0.412. The third kappa shape index (κ3) is 4.66. The molecule has 5 heterocycles. The number of nitriles is 1. The number of aryl methyl sites for hydroxylation is 1. The van der Waals surface area contributed by atoms with Crippen molar-refractivity contribution in [1.82, 2.24) is 29.3 Å². The van der Waals surface area contributed by atoms with Crippen molar-refractivity contribution < 1.29 is 9.53 Å². The van der Waals surface area contributed by atoms with E-state index in [0.717, 1.165) is 33.6 Å². The number of fused-ring (bicyclic) bond motifs is 1. The number of piperazine rings is 1. The van der Waals surface area contributed by atoms with Crippen molar-refractivity contribution in [1.29, 1.82) is 5.26 Å². The maximum Gasteiger partial charge on any atom is 0.252 e. The van der Waals surface area contributed by atoms with Gasteiger partial charge in [-0.1, -0.05) is 13.8 Å². The van der Waals surface area contributed by atoms with Gasteiger partial charge in [-0.3, -0.25) is 9.48 Å². The van der Waals surface area contributed by atoms with Gasteiger partial charge in [-0.2, -0.15) is 15.5 Å². The zero-order chi connectivity index (χ0) is 26.1. The molecule has 1 amide bonds. The lowest BCUT2D eigenvalue weighted by Gasteiger charge is -2.37. The van der Waals surface area contributed by atoms with Crippen molar-refractivity contribution >= 4 is 17.2 Å². The first-order valence-electron chi connectivity index (χ1n) is 12.3. The third-order valence-electron chi connectivity index (χ3n) is 6.85. The molecular formula is C27H30N8O2. The predicted octanol–water partition coefficient (Wildman–Crippen LogP) is 2.99. The van der Waals surface area contributed by atoms with Crippen LogP contribution in [0.15, 0.2) is 49.2 Å². The van der Waals surface area contributed by atoms with E-state index in [1.807, 2.05) is 56.5 Å². The van der Waals surface area contributed by atoms with Gasteiger partial charge >= 0.3 is 0 Å². The van der Waals surface area contributed by atoms with Gasteiger partial charge < -0.3 is 14.5 Å². The Bertz CT molecular complexity index is 1460. The molecule has 0 N–H and O–H groups in total. The van der Waals surface area contributed by atoms with E-state index in [1.165, 1.54) is 0 Å². The van der Waals surface area contributed by atoms with Crippen molar-refractivity contribution in [3.05, 3.63) is 54.7 Å². The highest BCUT2D eigenvalue weighted by molar-refractivity contribution is 5.87. The standard InChI is InChI=1S/C27H30N8O2/c1-18(2)26(37-4)27(36)34-9-7-33(8-10-34)24-6-5-19(13-29-24)23-11-20(22-15-30-32(3)16-22)17-35-25(23)21(12-28)14-31-35/h5-6,11,13-18,26H,7-10H2,1-4H3/t26-/m1/s1. The summed E-state index contributed by atoms with van der Waals surface area (Å²) in [6, 6.07) is 8.32. The summed E-state index contributed by atoms with van der Waals surface area (Å²) >= 11 is 0. The molecule has 0 radical (unpaired) electrons. The predicted molar refractivity (Wildman–Crippen MR) is 140 cm³/mol. The van der Waals surface area contributed by atoms with Crippen molar-refractivity contribution in [2.24, 2.45) is 13.0 Å². The van der Waals surface area contributed by atoms with Crippen LogP contribution in [0.3, 0.4) is 0 Å². The number of rotatable bonds is 6. The molecule has 5 rings (SSSR count). The SMILES string of the molecule is CO[C@@H](C(=O)N1CCN(c2ccc(-c3cc(-c4cnn(C)c4)cn4ncc(C#N)c34)cn2)CC1)C(C)C. The van der Waals surface area contributed by atoms with Gasteiger partial charge in [0.05, 0.1) is 23.5 Å². The summed E-state index contributed by atoms with van der Waals surface area (Å²) in [7, 11) is 3.47. The molecule has 4 aromatic heterocycles. The number of carbonyl (C=O) groups excluding carboxylic acids is 1. The molecule has 1 fully saturated rings. The first-order chi connectivity index (χ1) is 17.9. The summed E-state index contributed by atoms with van der Waals surface area (Å²) in [6.45, 7) is 6.66. The molecule has 37 heavy (non-hydrogen) atoms. The highest BCUT2D eigenvalue weighted by Crippen LogP contribution is 2.32. The largest absolute Gasteiger partial charge is 0.371 e. The van der Waals surface area contributed by atoms with E-state index in [-0.39, 0.29) is 11.8 Å². The number of carbonyl (C=O) groups is 1. The third-order valence-corrected chi connectivity index (χ3v) is 6.85. The van der Waals surface area contributed by atoms with Crippen LogP contribution in [0.25, 0.3) is 27.8 Å². The lowest BCUT2D eigenvalue weighted by Crippen LogP contribution is -2.52. The van der Waals surface area contributed by atoms with Crippen molar-refractivity contribution in [2.45, 2.75) is 20.0 Å². The zero-order valence-electron chi connectivity index (χ0n) is 21.5. The van der Waals surface area contributed by atoms with Gasteiger partial charge in [0.15, 0.2) is 0 Å². The van der Waals surface area contributed by atoms with Gasteiger partial charge in [0.2, 0.25) is 0 Å². The Morgan fingerprint density at radius 2 is 1.81 bits per heavy atom. The zero-order valence-corrected chi connectivity index (χ0v) is 21.5. The van der Waals surface area contributed by atoms with Crippen LogP contribution in [0, 0.1) is 17.2 Å². The van der Waals surface area contributed by atoms with Crippen molar-refractivity contribution in [3.8, 4) is 28.3 Å². The maximum absolute atomic E-state index is 12.8. The van der Waals surface area contributed by atoms with Crippen LogP contribution in [0.4, 0.5) is 5.82 Å². The van der Waals surface area contributed by atoms with Gasteiger partial charge in [-0.05, 0) is 24.1 Å². The molecule has 1 saturated heterocycles. The number of anilines is 1. The van der Waals surface area contributed by atoms with Crippen LogP contribution in [-0.4, -0.2) is 74.6 Å². The maximum atomic E-state index is 12.8. The molecule has 4 aromatic rings. The number of aromatic nitrogens is 5. The van der Waals surface area contributed by atoms with Crippen LogP contribution in [0.1, 0.15) is 19.4 Å². The average Bonchev–Trinajstić information content (AvgIpc) is 3.54. The fraction of sp³-hybridized carbons (Fsp3) is 0.370. The Morgan fingerprint density at radius 3 is 2.41 bits per heavy atom. The first-order valence-corrected chi connectivity index (χ1v) is 12.3. The summed E-state index contributed by atoms with van der Waals surface area (Å²) in [5.74, 6) is 1.04. The Morgan fingerprint density at radius 1 is 1.03 bits per heavy atom. The minimum Gasteiger partial charge on any atom is -0.371 e. The van der Waals surface area contributed by atoms with E-state index in [9.17, 15) is 10.1 Å². The second-order valence-electron chi connectivity index (χ2n) is 9.63. The van der Waals surface area contributed by atoms with E-state index in [0.29, 0.717) is 31.7 Å². The second kappa shape index (κ2) is 10.0. The molecule has 1 aliphatic heterocycles.